The molecule has 1 aliphatic rings. The van der Waals surface area contributed by atoms with E-state index in [0.29, 0.717) is 37.6 Å². The fourth-order valence-corrected chi connectivity index (χ4v) is 4.44. The van der Waals surface area contributed by atoms with Crippen LogP contribution < -0.4 is 4.72 Å². The molecule has 1 heterocycles. The first-order valence-electron chi connectivity index (χ1n) is 6.83. The molecule has 1 aromatic carbocycles. The summed E-state index contributed by atoms with van der Waals surface area (Å²) in [5.74, 6) is -0.0195. The van der Waals surface area contributed by atoms with E-state index in [9.17, 15) is 8.42 Å². The second-order valence-electron chi connectivity index (χ2n) is 5.04. The number of ether oxygens (including phenoxy) is 1. The van der Waals surface area contributed by atoms with Crippen molar-refractivity contribution in [1.29, 1.82) is 0 Å². The second-order valence-corrected chi connectivity index (χ2v) is 7.46. The first-order chi connectivity index (χ1) is 9.53. The van der Waals surface area contributed by atoms with Gasteiger partial charge < -0.3 is 4.74 Å². The zero-order valence-electron chi connectivity index (χ0n) is 11.5. The molecule has 0 aromatic heterocycles. The van der Waals surface area contributed by atoms with Crippen LogP contribution in [0, 0.1) is 5.92 Å². The van der Waals surface area contributed by atoms with Gasteiger partial charge in [-0.2, -0.15) is 0 Å². The fourth-order valence-electron chi connectivity index (χ4n) is 2.61. The Hall–Kier alpha value is -0.620. The molecule has 1 N–H and O–H groups in total. The Balaban J connectivity index is 2.13. The van der Waals surface area contributed by atoms with Crippen molar-refractivity contribution >= 4 is 21.6 Å². The third-order valence-corrected chi connectivity index (χ3v) is 5.92. The lowest BCUT2D eigenvalue weighted by molar-refractivity contribution is 0.0570. The lowest BCUT2D eigenvalue weighted by Gasteiger charge is -2.31. The van der Waals surface area contributed by atoms with Crippen LogP contribution in [0.5, 0.6) is 0 Å². The van der Waals surface area contributed by atoms with E-state index in [2.05, 4.69) is 4.72 Å². The zero-order chi connectivity index (χ0) is 14.6. The minimum atomic E-state index is -3.27. The smallest absolute Gasteiger partial charge is 0.214 e. The molecule has 20 heavy (non-hydrogen) atoms. The zero-order valence-corrected chi connectivity index (χ0v) is 13.1. The van der Waals surface area contributed by atoms with Gasteiger partial charge >= 0.3 is 0 Å². The van der Waals surface area contributed by atoms with Crippen LogP contribution in [-0.2, 0) is 21.2 Å². The summed E-state index contributed by atoms with van der Waals surface area (Å²) in [6.45, 7) is 3.21. The summed E-state index contributed by atoms with van der Waals surface area (Å²) in [5, 5.41) is 0.303. The predicted molar refractivity (Wildman–Crippen MR) is 80.5 cm³/mol. The number of benzene rings is 1. The highest BCUT2D eigenvalue weighted by atomic mass is 35.5. The van der Waals surface area contributed by atoms with Gasteiger partial charge in [0.15, 0.2) is 0 Å². The van der Waals surface area contributed by atoms with Crippen LogP contribution in [-0.4, -0.2) is 33.4 Å². The lowest BCUT2D eigenvalue weighted by Crippen LogP contribution is -2.44. The van der Waals surface area contributed by atoms with Gasteiger partial charge in [0.05, 0.1) is 11.9 Å². The van der Waals surface area contributed by atoms with Gasteiger partial charge in [-0.25, -0.2) is 13.1 Å². The highest BCUT2D eigenvalue weighted by molar-refractivity contribution is 7.90. The molecule has 0 spiro atoms. The number of hydrogen-bond acceptors (Lipinski definition) is 3. The summed E-state index contributed by atoms with van der Waals surface area (Å²) < 4.78 is 32.6. The number of hydrogen-bond donors (Lipinski definition) is 1. The van der Waals surface area contributed by atoms with E-state index in [1.54, 1.807) is 6.92 Å². The summed E-state index contributed by atoms with van der Waals surface area (Å²) in [6, 6.07) is 7.53. The van der Waals surface area contributed by atoms with Crippen molar-refractivity contribution in [2.45, 2.75) is 25.0 Å². The SMILES string of the molecule is CCNS(=O)(=O)[C@@H]1CCOC[C@H]1Cc1ccc(Cl)cc1. The Morgan fingerprint density at radius 1 is 1.35 bits per heavy atom. The molecule has 1 saturated heterocycles. The second kappa shape index (κ2) is 6.89. The summed E-state index contributed by atoms with van der Waals surface area (Å²) >= 11 is 5.87. The van der Waals surface area contributed by atoms with Crippen LogP contribution in [0.1, 0.15) is 18.9 Å². The summed E-state index contributed by atoms with van der Waals surface area (Å²) in [6.07, 6.45) is 1.24. The molecule has 0 radical (unpaired) electrons. The van der Waals surface area contributed by atoms with Crippen molar-refractivity contribution in [2.24, 2.45) is 5.92 Å². The molecule has 1 fully saturated rings. The molecule has 1 aliphatic heterocycles. The van der Waals surface area contributed by atoms with Gasteiger partial charge in [0.1, 0.15) is 0 Å². The van der Waals surface area contributed by atoms with Crippen molar-refractivity contribution in [3.8, 4) is 0 Å². The molecule has 2 atom stereocenters. The van der Waals surface area contributed by atoms with E-state index >= 15 is 0 Å². The Morgan fingerprint density at radius 3 is 2.70 bits per heavy atom. The highest BCUT2D eigenvalue weighted by Gasteiger charge is 2.35. The Kier molecular flexibility index (Phi) is 5.43. The van der Waals surface area contributed by atoms with Crippen molar-refractivity contribution in [3.05, 3.63) is 34.9 Å². The van der Waals surface area contributed by atoms with Gasteiger partial charge in [-0.05, 0) is 30.5 Å². The largest absolute Gasteiger partial charge is 0.381 e. The van der Waals surface area contributed by atoms with Gasteiger partial charge in [-0.1, -0.05) is 30.7 Å². The van der Waals surface area contributed by atoms with E-state index in [-0.39, 0.29) is 11.2 Å². The quantitative estimate of drug-likeness (QED) is 0.906. The average molecular weight is 318 g/mol. The Bertz CT molecular complexity index is 530. The molecular formula is C14H20ClNO3S. The van der Waals surface area contributed by atoms with Gasteiger partial charge in [0, 0.05) is 24.1 Å². The fraction of sp³-hybridized carbons (Fsp3) is 0.571. The van der Waals surface area contributed by atoms with Crippen LogP contribution in [0.3, 0.4) is 0 Å². The van der Waals surface area contributed by atoms with Crippen molar-refractivity contribution in [1.82, 2.24) is 4.72 Å². The van der Waals surface area contributed by atoms with E-state index < -0.39 is 10.0 Å². The molecule has 0 amide bonds. The predicted octanol–water partition coefficient (Wildman–Crippen LogP) is 2.23. The number of sulfonamides is 1. The van der Waals surface area contributed by atoms with Crippen molar-refractivity contribution in [2.75, 3.05) is 19.8 Å². The maximum atomic E-state index is 12.3. The topological polar surface area (TPSA) is 55.4 Å². The van der Waals surface area contributed by atoms with Crippen molar-refractivity contribution < 1.29 is 13.2 Å². The van der Waals surface area contributed by atoms with Crippen LogP contribution in [0.15, 0.2) is 24.3 Å². The summed E-state index contributed by atoms with van der Waals surface area (Å²) in [4.78, 5) is 0. The first-order valence-corrected chi connectivity index (χ1v) is 8.76. The first kappa shape index (κ1) is 15.8. The van der Waals surface area contributed by atoms with Gasteiger partial charge in [-0.15, -0.1) is 0 Å². The molecule has 4 nitrogen and oxygen atoms in total. The van der Waals surface area contributed by atoms with E-state index in [1.165, 1.54) is 0 Å². The van der Waals surface area contributed by atoms with E-state index in [0.717, 1.165) is 5.56 Å². The molecule has 0 saturated carbocycles. The van der Waals surface area contributed by atoms with Crippen LogP contribution in [0.4, 0.5) is 0 Å². The van der Waals surface area contributed by atoms with Gasteiger partial charge in [-0.3, -0.25) is 0 Å². The number of nitrogens with one attached hydrogen (secondary N) is 1. The third-order valence-electron chi connectivity index (χ3n) is 3.56. The molecule has 0 aliphatic carbocycles. The molecule has 0 unspecified atom stereocenters. The average Bonchev–Trinajstić information content (AvgIpc) is 2.42. The molecule has 6 heteroatoms. The Labute approximate surface area is 125 Å². The highest BCUT2D eigenvalue weighted by Crippen LogP contribution is 2.25. The van der Waals surface area contributed by atoms with E-state index in [4.69, 9.17) is 16.3 Å². The normalized spacial score (nSPS) is 23.7. The van der Waals surface area contributed by atoms with Gasteiger partial charge in [0.25, 0.3) is 0 Å². The molecular weight excluding hydrogens is 298 g/mol. The minimum Gasteiger partial charge on any atom is -0.381 e. The number of rotatable bonds is 5. The standard InChI is InChI=1S/C14H20ClNO3S/c1-2-16-20(17,18)14-7-8-19-10-12(14)9-11-3-5-13(15)6-4-11/h3-6,12,14,16H,2,7-10H2,1H3/t12-,14-/m1/s1. The third kappa shape index (κ3) is 3.95. The number of halogens is 1. The molecule has 0 bridgehead atoms. The van der Waals surface area contributed by atoms with Crippen LogP contribution in [0.2, 0.25) is 5.02 Å². The monoisotopic (exact) mass is 317 g/mol. The van der Waals surface area contributed by atoms with Crippen LogP contribution in [0.25, 0.3) is 0 Å². The Morgan fingerprint density at radius 2 is 2.05 bits per heavy atom. The van der Waals surface area contributed by atoms with Crippen molar-refractivity contribution in [3.63, 3.8) is 0 Å². The van der Waals surface area contributed by atoms with Crippen LogP contribution >= 0.6 is 11.6 Å². The maximum absolute atomic E-state index is 12.3. The minimum absolute atomic E-state index is 0.0195. The molecule has 1 aromatic rings. The molecule has 112 valence electrons. The lowest BCUT2D eigenvalue weighted by atomic mass is 9.94. The molecule has 2 rings (SSSR count). The summed E-state index contributed by atoms with van der Waals surface area (Å²) in [5.41, 5.74) is 1.08. The maximum Gasteiger partial charge on any atom is 0.214 e. The van der Waals surface area contributed by atoms with E-state index in [1.807, 2.05) is 24.3 Å². The summed E-state index contributed by atoms with van der Waals surface area (Å²) in [7, 11) is -3.27. The van der Waals surface area contributed by atoms with Gasteiger partial charge in [0.2, 0.25) is 10.0 Å².